The van der Waals surface area contributed by atoms with Crippen molar-refractivity contribution < 1.29 is 18.3 Å². The Kier molecular flexibility index (Phi) is 4.75. The first-order valence-electron chi connectivity index (χ1n) is 6.81. The normalized spacial score (nSPS) is 15.4. The fraction of sp³-hybridized carbons (Fsp3) is 0.500. The number of carboxylic acids is 1. The summed E-state index contributed by atoms with van der Waals surface area (Å²) in [7, 11) is -3.66. The van der Waals surface area contributed by atoms with Gasteiger partial charge in [-0.2, -0.15) is 4.31 Å². The van der Waals surface area contributed by atoms with Crippen LogP contribution in [0.1, 0.15) is 35.7 Å². The lowest BCUT2D eigenvalue weighted by molar-refractivity contribution is 0.0695. The SMILES string of the molecule is CCN(CC1CC1)S(=O)(=O)c1cc(Br)c(C)c(C(=O)O)c1. The molecule has 0 aliphatic heterocycles. The number of hydrogen-bond donors (Lipinski definition) is 1. The van der Waals surface area contributed by atoms with Crippen molar-refractivity contribution in [2.45, 2.75) is 31.6 Å². The molecular weight excluding hydrogens is 358 g/mol. The van der Waals surface area contributed by atoms with E-state index in [9.17, 15) is 18.3 Å². The smallest absolute Gasteiger partial charge is 0.336 e. The molecule has 0 heterocycles. The van der Waals surface area contributed by atoms with Crippen molar-refractivity contribution in [1.29, 1.82) is 0 Å². The van der Waals surface area contributed by atoms with Gasteiger partial charge in [-0.25, -0.2) is 13.2 Å². The highest BCUT2D eigenvalue weighted by Gasteiger charge is 2.31. The molecule has 7 heteroatoms. The van der Waals surface area contributed by atoms with Gasteiger partial charge in [-0.05, 0) is 43.4 Å². The Bertz CT molecular complexity index is 668. The number of nitrogens with zero attached hydrogens (tertiary/aromatic N) is 1. The largest absolute Gasteiger partial charge is 0.478 e. The van der Waals surface area contributed by atoms with Crippen LogP contribution in [0.25, 0.3) is 0 Å². The van der Waals surface area contributed by atoms with Crippen LogP contribution in [-0.2, 0) is 10.0 Å². The van der Waals surface area contributed by atoms with Crippen LogP contribution in [0.2, 0.25) is 0 Å². The average molecular weight is 376 g/mol. The van der Waals surface area contributed by atoms with Gasteiger partial charge in [-0.15, -0.1) is 0 Å². The molecule has 21 heavy (non-hydrogen) atoms. The molecule has 0 saturated heterocycles. The number of aromatic carboxylic acids is 1. The summed E-state index contributed by atoms with van der Waals surface area (Å²) in [5.74, 6) is -0.692. The summed E-state index contributed by atoms with van der Waals surface area (Å²) in [6.45, 7) is 4.33. The first-order chi connectivity index (χ1) is 9.77. The van der Waals surface area contributed by atoms with Crippen molar-refractivity contribution in [3.05, 3.63) is 27.7 Å². The molecule has 1 saturated carbocycles. The highest BCUT2D eigenvalue weighted by Crippen LogP contribution is 2.32. The molecule has 0 atom stereocenters. The zero-order valence-electron chi connectivity index (χ0n) is 12.0. The fourth-order valence-corrected chi connectivity index (χ4v) is 4.35. The summed E-state index contributed by atoms with van der Waals surface area (Å²) < 4.78 is 27.3. The van der Waals surface area contributed by atoms with E-state index in [1.807, 2.05) is 0 Å². The van der Waals surface area contributed by atoms with Crippen LogP contribution in [0.3, 0.4) is 0 Å². The second-order valence-corrected chi connectivity index (χ2v) is 8.07. The summed E-state index contributed by atoms with van der Waals surface area (Å²) in [5, 5.41) is 9.20. The van der Waals surface area contributed by atoms with Gasteiger partial charge in [0, 0.05) is 17.6 Å². The maximum atomic E-state index is 12.7. The van der Waals surface area contributed by atoms with Crippen LogP contribution in [-0.4, -0.2) is 36.9 Å². The van der Waals surface area contributed by atoms with E-state index in [1.54, 1.807) is 13.8 Å². The van der Waals surface area contributed by atoms with Crippen LogP contribution >= 0.6 is 15.9 Å². The van der Waals surface area contributed by atoms with Gasteiger partial charge >= 0.3 is 5.97 Å². The molecule has 0 radical (unpaired) electrons. The van der Waals surface area contributed by atoms with Crippen LogP contribution < -0.4 is 0 Å². The molecule has 1 fully saturated rings. The van der Waals surface area contributed by atoms with Crippen molar-refractivity contribution >= 4 is 31.9 Å². The van der Waals surface area contributed by atoms with Gasteiger partial charge in [0.1, 0.15) is 0 Å². The van der Waals surface area contributed by atoms with Crippen molar-refractivity contribution in [1.82, 2.24) is 4.31 Å². The number of carbonyl (C=O) groups is 1. The van der Waals surface area contributed by atoms with Gasteiger partial charge in [-0.1, -0.05) is 22.9 Å². The molecule has 1 N–H and O–H groups in total. The molecule has 1 aromatic carbocycles. The number of hydrogen-bond acceptors (Lipinski definition) is 3. The van der Waals surface area contributed by atoms with E-state index >= 15 is 0 Å². The average Bonchev–Trinajstić information content (AvgIpc) is 3.22. The fourth-order valence-electron chi connectivity index (χ4n) is 2.16. The molecule has 5 nitrogen and oxygen atoms in total. The van der Waals surface area contributed by atoms with E-state index in [2.05, 4.69) is 15.9 Å². The first-order valence-corrected chi connectivity index (χ1v) is 9.04. The van der Waals surface area contributed by atoms with Gasteiger partial charge in [0.25, 0.3) is 0 Å². The molecule has 1 aliphatic carbocycles. The molecule has 0 bridgehead atoms. The van der Waals surface area contributed by atoms with Gasteiger partial charge in [0.15, 0.2) is 0 Å². The van der Waals surface area contributed by atoms with Crippen molar-refractivity contribution in [2.24, 2.45) is 5.92 Å². The number of benzene rings is 1. The van der Waals surface area contributed by atoms with Crippen LogP contribution in [0.5, 0.6) is 0 Å². The highest BCUT2D eigenvalue weighted by atomic mass is 79.9. The molecule has 0 unspecified atom stereocenters. The first kappa shape index (κ1) is 16.5. The monoisotopic (exact) mass is 375 g/mol. The van der Waals surface area contributed by atoms with Gasteiger partial charge < -0.3 is 5.11 Å². The van der Waals surface area contributed by atoms with Crippen LogP contribution in [0, 0.1) is 12.8 Å². The second kappa shape index (κ2) is 6.06. The van der Waals surface area contributed by atoms with Crippen molar-refractivity contribution in [3.8, 4) is 0 Å². The number of sulfonamides is 1. The van der Waals surface area contributed by atoms with E-state index in [4.69, 9.17) is 0 Å². The van der Waals surface area contributed by atoms with E-state index in [0.29, 0.717) is 29.0 Å². The Hall–Kier alpha value is -0.920. The molecule has 1 aromatic rings. The number of halogens is 1. The zero-order valence-corrected chi connectivity index (χ0v) is 14.4. The standard InChI is InChI=1S/C14H18BrNO4S/c1-3-16(8-10-4-5-10)21(19,20)11-6-12(14(17)18)9(2)13(15)7-11/h6-7,10H,3-5,8H2,1-2H3,(H,17,18). The van der Waals surface area contributed by atoms with Gasteiger partial charge in [-0.3, -0.25) is 0 Å². The molecular formula is C14H18BrNO4S. The quantitative estimate of drug-likeness (QED) is 0.829. The van der Waals surface area contributed by atoms with Gasteiger partial charge in [0.2, 0.25) is 10.0 Å². The van der Waals surface area contributed by atoms with E-state index in [-0.39, 0.29) is 10.5 Å². The lowest BCUT2D eigenvalue weighted by atomic mass is 10.1. The van der Waals surface area contributed by atoms with E-state index < -0.39 is 16.0 Å². The predicted octanol–water partition coefficient (Wildman–Crippen LogP) is 2.88. The number of rotatable bonds is 6. The topological polar surface area (TPSA) is 74.7 Å². The maximum Gasteiger partial charge on any atom is 0.336 e. The Morgan fingerprint density at radius 3 is 2.52 bits per heavy atom. The molecule has 0 amide bonds. The Balaban J connectivity index is 2.45. The third-order valence-corrected chi connectivity index (χ3v) is 6.44. The minimum absolute atomic E-state index is 0.00502. The Morgan fingerprint density at radius 2 is 2.05 bits per heavy atom. The van der Waals surface area contributed by atoms with Crippen LogP contribution in [0.4, 0.5) is 0 Å². The Labute approximate surface area is 133 Å². The molecule has 2 rings (SSSR count). The molecule has 116 valence electrons. The molecule has 0 aromatic heterocycles. The van der Waals surface area contributed by atoms with Crippen LogP contribution in [0.15, 0.2) is 21.5 Å². The summed E-state index contributed by atoms with van der Waals surface area (Å²) in [6, 6.07) is 2.72. The Morgan fingerprint density at radius 1 is 1.43 bits per heavy atom. The third kappa shape index (κ3) is 3.46. The lowest BCUT2D eigenvalue weighted by Crippen LogP contribution is -2.33. The minimum Gasteiger partial charge on any atom is -0.478 e. The van der Waals surface area contributed by atoms with Gasteiger partial charge in [0.05, 0.1) is 10.5 Å². The summed E-state index contributed by atoms with van der Waals surface area (Å²) in [4.78, 5) is 11.3. The maximum absolute atomic E-state index is 12.7. The number of carboxylic acid groups (broad SMARTS) is 1. The lowest BCUT2D eigenvalue weighted by Gasteiger charge is -2.21. The second-order valence-electron chi connectivity index (χ2n) is 5.28. The molecule has 0 spiro atoms. The minimum atomic E-state index is -3.66. The van der Waals surface area contributed by atoms with Crippen molar-refractivity contribution in [2.75, 3.05) is 13.1 Å². The highest BCUT2D eigenvalue weighted by molar-refractivity contribution is 9.10. The summed E-state index contributed by atoms with van der Waals surface area (Å²) >= 11 is 3.25. The van der Waals surface area contributed by atoms with E-state index in [0.717, 1.165) is 12.8 Å². The summed E-state index contributed by atoms with van der Waals surface area (Å²) in [5.41, 5.74) is 0.525. The third-order valence-electron chi connectivity index (χ3n) is 3.70. The summed E-state index contributed by atoms with van der Waals surface area (Å²) in [6.07, 6.45) is 2.12. The predicted molar refractivity (Wildman–Crippen MR) is 83.0 cm³/mol. The van der Waals surface area contributed by atoms with E-state index in [1.165, 1.54) is 16.4 Å². The molecule has 1 aliphatic rings. The van der Waals surface area contributed by atoms with Crippen molar-refractivity contribution in [3.63, 3.8) is 0 Å². The zero-order chi connectivity index (χ0) is 15.8.